The predicted octanol–water partition coefficient (Wildman–Crippen LogP) is 0.646. The number of imide groups is 1. The van der Waals surface area contributed by atoms with Crippen molar-refractivity contribution in [3.05, 3.63) is 29.8 Å². The zero-order valence-electron chi connectivity index (χ0n) is 9.76. The quantitative estimate of drug-likeness (QED) is 0.821. The second kappa shape index (κ2) is 5.79. The van der Waals surface area contributed by atoms with Crippen molar-refractivity contribution in [1.29, 1.82) is 0 Å². The Morgan fingerprint density at radius 1 is 1.53 bits per heavy atom. The number of nitrogens with one attached hydrogen (secondary N) is 1. The van der Waals surface area contributed by atoms with Gasteiger partial charge in [0.1, 0.15) is 0 Å². The lowest BCUT2D eigenvalue weighted by Gasteiger charge is -2.13. The SMILES string of the molecule is O=C(NCCN1C(=O)CSC1=O)c1ccnc(F)c1. The minimum absolute atomic E-state index is 0.115. The summed E-state index contributed by atoms with van der Waals surface area (Å²) >= 11 is 0.938. The number of thioether (sulfide) groups is 1. The maximum atomic E-state index is 12.8. The van der Waals surface area contributed by atoms with Crippen LogP contribution >= 0.6 is 11.8 Å². The molecule has 1 aromatic heterocycles. The largest absolute Gasteiger partial charge is 0.350 e. The minimum Gasteiger partial charge on any atom is -0.350 e. The Kier molecular flexibility index (Phi) is 4.10. The summed E-state index contributed by atoms with van der Waals surface area (Å²) < 4.78 is 12.8. The van der Waals surface area contributed by atoms with Crippen molar-refractivity contribution in [3.8, 4) is 0 Å². The Balaban J connectivity index is 1.84. The molecule has 1 saturated heterocycles. The molecule has 0 spiro atoms. The molecule has 0 unspecified atom stereocenters. The number of halogens is 1. The molecule has 19 heavy (non-hydrogen) atoms. The number of pyridine rings is 1. The van der Waals surface area contributed by atoms with Gasteiger partial charge in [0.15, 0.2) is 0 Å². The first-order valence-electron chi connectivity index (χ1n) is 5.45. The van der Waals surface area contributed by atoms with Crippen molar-refractivity contribution in [2.24, 2.45) is 0 Å². The van der Waals surface area contributed by atoms with Gasteiger partial charge in [-0.15, -0.1) is 0 Å². The molecule has 0 aliphatic carbocycles. The van der Waals surface area contributed by atoms with Crippen LogP contribution in [0.5, 0.6) is 0 Å². The molecule has 1 aliphatic heterocycles. The van der Waals surface area contributed by atoms with Crippen LogP contribution in [-0.2, 0) is 4.79 Å². The van der Waals surface area contributed by atoms with E-state index in [2.05, 4.69) is 10.3 Å². The van der Waals surface area contributed by atoms with Crippen molar-refractivity contribution >= 4 is 28.8 Å². The standard InChI is InChI=1S/C11H10FN3O3S/c12-8-5-7(1-2-13-8)10(17)14-3-4-15-9(16)6-19-11(15)18/h1-2,5H,3-4,6H2,(H,14,17). The molecule has 0 radical (unpaired) electrons. The van der Waals surface area contributed by atoms with E-state index in [4.69, 9.17) is 0 Å². The zero-order valence-corrected chi connectivity index (χ0v) is 10.6. The minimum atomic E-state index is -0.742. The highest BCUT2D eigenvalue weighted by Gasteiger charge is 2.29. The molecule has 1 aromatic rings. The average Bonchev–Trinajstić information content (AvgIpc) is 2.70. The Morgan fingerprint density at radius 3 is 2.95 bits per heavy atom. The molecule has 1 N–H and O–H groups in total. The molecule has 1 fully saturated rings. The number of nitrogens with zero attached hydrogens (tertiary/aromatic N) is 2. The summed E-state index contributed by atoms with van der Waals surface area (Å²) in [5, 5.41) is 2.19. The average molecular weight is 283 g/mol. The molecule has 6 nitrogen and oxygen atoms in total. The third kappa shape index (κ3) is 3.28. The Morgan fingerprint density at radius 2 is 2.32 bits per heavy atom. The highest BCUT2D eigenvalue weighted by Crippen LogP contribution is 2.17. The van der Waals surface area contributed by atoms with Gasteiger partial charge in [-0.1, -0.05) is 11.8 Å². The van der Waals surface area contributed by atoms with Crippen LogP contribution in [0.2, 0.25) is 0 Å². The molecule has 0 saturated carbocycles. The van der Waals surface area contributed by atoms with Gasteiger partial charge in [-0.05, 0) is 6.07 Å². The van der Waals surface area contributed by atoms with Gasteiger partial charge in [-0.3, -0.25) is 19.3 Å². The van der Waals surface area contributed by atoms with Crippen LogP contribution in [0.15, 0.2) is 18.3 Å². The number of amides is 3. The number of hydrogen-bond acceptors (Lipinski definition) is 5. The summed E-state index contributed by atoms with van der Waals surface area (Å²) in [7, 11) is 0. The van der Waals surface area contributed by atoms with Crippen LogP contribution < -0.4 is 5.32 Å². The smallest absolute Gasteiger partial charge is 0.288 e. The fourth-order valence-corrected chi connectivity index (χ4v) is 2.28. The van der Waals surface area contributed by atoms with Crippen molar-refractivity contribution < 1.29 is 18.8 Å². The van der Waals surface area contributed by atoms with Gasteiger partial charge in [0, 0.05) is 30.9 Å². The summed E-state index contributed by atoms with van der Waals surface area (Å²) in [5.41, 5.74) is 0.140. The van der Waals surface area contributed by atoms with Crippen LogP contribution in [0.1, 0.15) is 10.4 Å². The fraction of sp³-hybridized carbons (Fsp3) is 0.273. The molecule has 1 aliphatic rings. The molecule has 2 rings (SSSR count). The Hall–Kier alpha value is -1.96. The second-order valence-corrected chi connectivity index (χ2v) is 4.65. The third-order valence-corrected chi connectivity index (χ3v) is 3.31. The first-order valence-corrected chi connectivity index (χ1v) is 6.43. The van der Waals surface area contributed by atoms with Crippen LogP contribution in [0, 0.1) is 5.95 Å². The van der Waals surface area contributed by atoms with Crippen LogP contribution in [0.3, 0.4) is 0 Å². The van der Waals surface area contributed by atoms with Crippen molar-refractivity contribution in [3.63, 3.8) is 0 Å². The Labute approximate surface area is 112 Å². The van der Waals surface area contributed by atoms with E-state index in [9.17, 15) is 18.8 Å². The van der Waals surface area contributed by atoms with E-state index in [-0.39, 0.29) is 35.6 Å². The van der Waals surface area contributed by atoms with Gasteiger partial charge >= 0.3 is 0 Å². The number of rotatable bonds is 4. The summed E-state index contributed by atoms with van der Waals surface area (Å²) in [6, 6.07) is 2.39. The molecular weight excluding hydrogens is 273 g/mol. The number of carbonyl (C=O) groups excluding carboxylic acids is 3. The molecule has 0 atom stereocenters. The summed E-state index contributed by atoms with van der Waals surface area (Å²) in [6.07, 6.45) is 1.19. The van der Waals surface area contributed by atoms with Gasteiger partial charge in [0.05, 0.1) is 5.75 Å². The van der Waals surface area contributed by atoms with Gasteiger partial charge in [-0.25, -0.2) is 4.98 Å². The number of aromatic nitrogens is 1. The monoisotopic (exact) mass is 283 g/mol. The van der Waals surface area contributed by atoms with Gasteiger partial charge in [0.25, 0.3) is 11.1 Å². The molecule has 0 aromatic carbocycles. The molecule has 100 valence electrons. The molecule has 8 heteroatoms. The lowest BCUT2D eigenvalue weighted by Crippen LogP contribution is -2.37. The zero-order chi connectivity index (χ0) is 13.8. The maximum absolute atomic E-state index is 12.8. The maximum Gasteiger partial charge on any atom is 0.288 e. The van der Waals surface area contributed by atoms with E-state index in [0.29, 0.717) is 0 Å². The summed E-state index contributed by atoms with van der Waals surface area (Å²) in [6.45, 7) is 0.241. The second-order valence-electron chi connectivity index (χ2n) is 3.72. The van der Waals surface area contributed by atoms with Crippen LogP contribution in [-0.4, -0.2) is 45.8 Å². The predicted molar refractivity (Wildman–Crippen MR) is 66.1 cm³/mol. The van der Waals surface area contributed by atoms with Crippen LogP contribution in [0.25, 0.3) is 0 Å². The number of carbonyl (C=O) groups is 3. The molecule has 2 heterocycles. The topological polar surface area (TPSA) is 79.4 Å². The Bertz CT molecular complexity index is 522. The van der Waals surface area contributed by atoms with Crippen molar-refractivity contribution in [2.45, 2.75) is 0 Å². The number of hydrogen-bond donors (Lipinski definition) is 1. The van der Waals surface area contributed by atoms with Crippen molar-refractivity contribution in [2.75, 3.05) is 18.8 Å². The van der Waals surface area contributed by atoms with Crippen molar-refractivity contribution in [1.82, 2.24) is 15.2 Å². The highest BCUT2D eigenvalue weighted by molar-refractivity contribution is 8.14. The molecular formula is C11H10FN3O3S. The summed E-state index contributed by atoms with van der Waals surface area (Å²) in [4.78, 5) is 38.6. The lowest BCUT2D eigenvalue weighted by molar-refractivity contribution is -0.124. The van der Waals surface area contributed by atoms with Crippen LogP contribution in [0.4, 0.5) is 9.18 Å². The van der Waals surface area contributed by atoms with Gasteiger partial charge < -0.3 is 5.32 Å². The van der Waals surface area contributed by atoms with E-state index >= 15 is 0 Å². The summed E-state index contributed by atoms with van der Waals surface area (Å²) in [5.74, 6) is -1.34. The van der Waals surface area contributed by atoms with E-state index in [1.165, 1.54) is 12.3 Å². The van der Waals surface area contributed by atoms with E-state index in [1.54, 1.807) is 0 Å². The first-order chi connectivity index (χ1) is 9.08. The molecule has 0 bridgehead atoms. The fourth-order valence-electron chi connectivity index (χ4n) is 1.52. The van der Waals surface area contributed by atoms with E-state index < -0.39 is 11.9 Å². The molecule has 3 amide bonds. The highest BCUT2D eigenvalue weighted by atomic mass is 32.2. The van der Waals surface area contributed by atoms with Gasteiger partial charge in [-0.2, -0.15) is 4.39 Å². The first kappa shape index (κ1) is 13.5. The third-order valence-electron chi connectivity index (χ3n) is 2.45. The van der Waals surface area contributed by atoms with E-state index in [1.807, 2.05) is 0 Å². The normalized spacial score (nSPS) is 14.9. The lowest BCUT2D eigenvalue weighted by atomic mass is 10.2. The van der Waals surface area contributed by atoms with Gasteiger partial charge in [0.2, 0.25) is 11.9 Å². The van der Waals surface area contributed by atoms with E-state index in [0.717, 1.165) is 22.7 Å².